The number of halogens is 4. The first kappa shape index (κ1) is 37.6. The summed E-state index contributed by atoms with van der Waals surface area (Å²) in [5.74, 6) is -5.96. The van der Waals surface area contributed by atoms with E-state index in [9.17, 15) is 41.9 Å². The number of alkyl halides is 4. The van der Waals surface area contributed by atoms with E-state index < -0.39 is 117 Å². The summed E-state index contributed by atoms with van der Waals surface area (Å²) in [4.78, 5) is 71.1. The zero-order chi connectivity index (χ0) is 34.2. The Morgan fingerprint density at radius 3 is 1.40 bits per heavy atom. The monoisotopic (exact) mass is 664 g/mol. The van der Waals surface area contributed by atoms with E-state index in [1.54, 1.807) is 0 Å². The average Bonchev–Trinajstić information content (AvgIpc) is 2.87. The number of carbonyl (C=O) groups is 6. The predicted molar refractivity (Wildman–Crippen MR) is 130 cm³/mol. The molecule has 0 aromatic carbocycles. The van der Waals surface area contributed by atoms with Crippen molar-refractivity contribution in [2.45, 2.75) is 109 Å². The van der Waals surface area contributed by atoms with E-state index in [0.717, 1.165) is 41.5 Å². The van der Waals surface area contributed by atoms with Crippen LogP contribution >= 0.6 is 0 Å². The summed E-state index contributed by atoms with van der Waals surface area (Å²) in [5, 5.41) is 0. The Bertz CT molecular complexity index is 1100. The summed E-state index contributed by atoms with van der Waals surface area (Å²) >= 11 is 0. The molecule has 20 heteroatoms. The lowest BCUT2D eigenvalue weighted by Crippen LogP contribution is -2.66. The lowest BCUT2D eigenvalue weighted by molar-refractivity contribution is -0.418. The molecule has 0 saturated carbocycles. The minimum atomic E-state index is -5.44. The van der Waals surface area contributed by atoms with Gasteiger partial charge < -0.3 is 42.6 Å². The largest absolute Gasteiger partial charge is 0.524 e. The van der Waals surface area contributed by atoms with Gasteiger partial charge in [-0.05, 0) is 0 Å². The summed E-state index contributed by atoms with van der Waals surface area (Å²) in [6, 6.07) is 0. The van der Waals surface area contributed by atoms with E-state index in [-0.39, 0.29) is 0 Å². The molecule has 2 heterocycles. The zero-order valence-corrected chi connectivity index (χ0v) is 24.7. The van der Waals surface area contributed by atoms with Crippen molar-refractivity contribution in [3.8, 4) is 0 Å². The summed E-state index contributed by atoms with van der Waals surface area (Å²) in [7, 11) is 0. The van der Waals surface area contributed by atoms with Gasteiger partial charge in [0.25, 0.3) is 0 Å². The molecule has 0 radical (unpaired) electrons. The van der Waals surface area contributed by atoms with Gasteiger partial charge in [0.2, 0.25) is 6.29 Å². The number of ether oxygens (including phenoxy) is 10. The standard InChI is InChI=1S/C25H32F4O16/c1-9(30)36-7-15-18(20(39-12(4)33)17(26)23(42-15)45-25(27,28)29)44-24-22(41-14(6)35)21(40-13(5)34)19(38-11(3)32)16(43-24)8-37-10(2)31/h15-24H,7-8H2,1-6H3/t15-,16-,17+,18?,19+,20-,21+,22-,23+,24?/m1/s1. The Morgan fingerprint density at radius 2 is 0.956 bits per heavy atom. The second kappa shape index (κ2) is 16.1. The molecule has 0 amide bonds. The van der Waals surface area contributed by atoms with Crippen molar-refractivity contribution in [3.63, 3.8) is 0 Å². The molecular weight excluding hydrogens is 632 g/mol. The second-order valence-electron chi connectivity index (χ2n) is 9.60. The quantitative estimate of drug-likeness (QED) is 0.169. The Labute approximate surface area is 252 Å². The first-order valence-electron chi connectivity index (χ1n) is 13.1. The fourth-order valence-electron chi connectivity index (χ4n) is 4.37. The van der Waals surface area contributed by atoms with E-state index in [2.05, 4.69) is 4.74 Å². The van der Waals surface area contributed by atoms with Crippen molar-refractivity contribution in [2.24, 2.45) is 0 Å². The maximum atomic E-state index is 15.5. The van der Waals surface area contributed by atoms with Crippen LogP contribution in [0.3, 0.4) is 0 Å². The molecule has 256 valence electrons. The summed E-state index contributed by atoms with van der Waals surface area (Å²) < 4.78 is 105. The molecule has 0 aliphatic carbocycles. The fourth-order valence-corrected chi connectivity index (χ4v) is 4.37. The van der Waals surface area contributed by atoms with Gasteiger partial charge in [0.15, 0.2) is 36.9 Å². The Hall–Kier alpha value is -3.62. The van der Waals surface area contributed by atoms with Crippen molar-refractivity contribution < 1.29 is 93.7 Å². The average molecular weight is 665 g/mol. The third-order valence-electron chi connectivity index (χ3n) is 5.82. The van der Waals surface area contributed by atoms with Crippen molar-refractivity contribution >= 4 is 35.8 Å². The van der Waals surface area contributed by atoms with Crippen LogP contribution in [-0.2, 0) is 76.1 Å². The van der Waals surface area contributed by atoms with Crippen molar-refractivity contribution in [1.82, 2.24) is 0 Å². The zero-order valence-electron chi connectivity index (χ0n) is 24.7. The van der Waals surface area contributed by atoms with E-state index in [4.69, 9.17) is 42.6 Å². The molecule has 0 N–H and O–H groups in total. The third-order valence-corrected chi connectivity index (χ3v) is 5.82. The summed E-state index contributed by atoms with van der Waals surface area (Å²) in [5.41, 5.74) is 0. The fraction of sp³-hybridized carbons (Fsp3) is 0.760. The minimum Gasteiger partial charge on any atom is -0.463 e. The van der Waals surface area contributed by atoms with Gasteiger partial charge in [0.05, 0.1) is 0 Å². The molecule has 0 aromatic heterocycles. The molecule has 2 fully saturated rings. The lowest BCUT2D eigenvalue weighted by atomic mass is 9.96. The number of hydrogen-bond donors (Lipinski definition) is 0. The molecule has 10 atom stereocenters. The van der Waals surface area contributed by atoms with Crippen molar-refractivity contribution in [3.05, 3.63) is 0 Å². The number of carbonyl (C=O) groups excluding carboxylic acids is 6. The molecule has 2 saturated heterocycles. The molecular formula is C25H32F4O16. The Balaban J connectivity index is 2.64. The highest BCUT2D eigenvalue weighted by Gasteiger charge is 2.58. The predicted octanol–water partition coefficient (Wildman–Crippen LogP) is 0.549. The van der Waals surface area contributed by atoms with Gasteiger partial charge in [0, 0.05) is 41.5 Å². The van der Waals surface area contributed by atoms with Gasteiger partial charge in [-0.2, -0.15) is 0 Å². The van der Waals surface area contributed by atoms with Crippen LogP contribution in [0.15, 0.2) is 0 Å². The van der Waals surface area contributed by atoms with Gasteiger partial charge in [-0.25, -0.2) is 4.39 Å². The van der Waals surface area contributed by atoms with Crippen LogP contribution in [0.2, 0.25) is 0 Å². The smallest absolute Gasteiger partial charge is 0.463 e. The van der Waals surface area contributed by atoms with Crippen molar-refractivity contribution in [2.75, 3.05) is 13.2 Å². The van der Waals surface area contributed by atoms with Crippen LogP contribution < -0.4 is 0 Å². The highest BCUT2D eigenvalue weighted by atomic mass is 19.4. The Kier molecular flexibility index (Phi) is 13.4. The maximum Gasteiger partial charge on any atom is 0.524 e. The van der Waals surface area contributed by atoms with E-state index in [1.165, 1.54) is 0 Å². The van der Waals surface area contributed by atoms with Crippen LogP contribution in [0.5, 0.6) is 0 Å². The van der Waals surface area contributed by atoms with Crippen LogP contribution in [0.1, 0.15) is 41.5 Å². The molecule has 0 spiro atoms. The highest BCUT2D eigenvalue weighted by molar-refractivity contribution is 5.69. The first-order chi connectivity index (χ1) is 20.8. The molecule has 0 aromatic rings. The lowest BCUT2D eigenvalue weighted by Gasteiger charge is -2.47. The SMILES string of the molecule is CC(=O)OC[C@H]1O[C@@H](OC(F)(F)F)[C@@H](F)[C@@H](OC(C)=O)C1OC1O[C@H](COC(C)=O)[C@H](OC(C)=O)[C@H](OC(C)=O)[C@H]1OC(C)=O. The minimum absolute atomic E-state index is 0.684. The van der Waals surface area contributed by atoms with E-state index in [1.807, 2.05) is 0 Å². The molecule has 16 nitrogen and oxygen atoms in total. The molecule has 45 heavy (non-hydrogen) atoms. The van der Waals surface area contributed by atoms with Crippen LogP contribution in [0.25, 0.3) is 0 Å². The second-order valence-corrected chi connectivity index (χ2v) is 9.60. The highest BCUT2D eigenvalue weighted by Crippen LogP contribution is 2.36. The molecule has 2 unspecified atom stereocenters. The van der Waals surface area contributed by atoms with Gasteiger partial charge >= 0.3 is 42.2 Å². The van der Waals surface area contributed by atoms with Gasteiger partial charge in [-0.15, -0.1) is 13.2 Å². The normalized spacial score (nSPS) is 31.6. The third kappa shape index (κ3) is 11.7. The first-order valence-corrected chi connectivity index (χ1v) is 13.1. The summed E-state index contributed by atoms with van der Waals surface area (Å²) in [6.07, 6.45) is -26.0. The molecule has 0 bridgehead atoms. The Morgan fingerprint density at radius 1 is 0.556 bits per heavy atom. The number of rotatable bonds is 11. The summed E-state index contributed by atoms with van der Waals surface area (Å²) in [6.45, 7) is 3.99. The maximum absolute atomic E-state index is 15.5. The van der Waals surface area contributed by atoms with Crippen LogP contribution in [0, 0.1) is 0 Å². The van der Waals surface area contributed by atoms with Gasteiger partial charge in [-0.3, -0.25) is 33.5 Å². The van der Waals surface area contributed by atoms with Crippen molar-refractivity contribution in [1.29, 1.82) is 0 Å². The van der Waals surface area contributed by atoms with Gasteiger partial charge in [0.1, 0.15) is 31.5 Å². The van der Waals surface area contributed by atoms with Crippen LogP contribution in [0.4, 0.5) is 17.6 Å². The number of hydrogen-bond acceptors (Lipinski definition) is 16. The van der Waals surface area contributed by atoms with Crippen LogP contribution in [-0.4, -0.2) is 117 Å². The molecule has 2 aliphatic rings. The molecule has 2 aliphatic heterocycles. The van der Waals surface area contributed by atoms with E-state index >= 15 is 4.39 Å². The van der Waals surface area contributed by atoms with Gasteiger partial charge in [-0.1, -0.05) is 0 Å². The number of esters is 6. The molecule has 2 rings (SSSR count). The topological polar surface area (TPSA) is 195 Å². The van der Waals surface area contributed by atoms with E-state index in [0.29, 0.717) is 0 Å².